The number of fused-ring (bicyclic) bond motifs is 2. The number of hydrogen-bond donors (Lipinski definition) is 0. The standard InChI is InChI=1S/C16H22N2O3/c1-16(2,3)21-15(19)18-10-11-8-12(18)13(9-11)20-14-6-4-5-7-17-14/h4-7,11-13H,8-10H2,1-3H3. The highest BCUT2D eigenvalue weighted by atomic mass is 16.6. The molecular weight excluding hydrogens is 268 g/mol. The summed E-state index contributed by atoms with van der Waals surface area (Å²) in [7, 11) is 0. The van der Waals surface area contributed by atoms with Crippen LogP contribution in [0.4, 0.5) is 4.79 Å². The summed E-state index contributed by atoms with van der Waals surface area (Å²) in [4.78, 5) is 18.3. The van der Waals surface area contributed by atoms with Gasteiger partial charge in [-0.25, -0.2) is 9.78 Å². The van der Waals surface area contributed by atoms with E-state index in [9.17, 15) is 4.79 Å². The van der Waals surface area contributed by atoms with Gasteiger partial charge in [-0.05, 0) is 45.6 Å². The number of rotatable bonds is 2. The number of amides is 1. The molecule has 0 spiro atoms. The first kappa shape index (κ1) is 14.2. The van der Waals surface area contributed by atoms with E-state index in [0.717, 1.165) is 19.4 Å². The van der Waals surface area contributed by atoms with Crippen molar-refractivity contribution in [3.05, 3.63) is 24.4 Å². The second-order valence-electron chi connectivity index (χ2n) is 6.86. The predicted octanol–water partition coefficient (Wildman–Crippen LogP) is 2.86. The molecule has 114 valence electrons. The monoisotopic (exact) mass is 290 g/mol. The molecule has 3 rings (SSSR count). The zero-order chi connectivity index (χ0) is 15.0. The minimum Gasteiger partial charge on any atom is -0.472 e. The maximum Gasteiger partial charge on any atom is 0.410 e. The topological polar surface area (TPSA) is 51.7 Å². The molecule has 1 aliphatic heterocycles. The fourth-order valence-corrected chi connectivity index (χ4v) is 3.19. The fraction of sp³-hybridized carbons (Fsp3) is 0.625. The highest BCUT2D eigenvalue weighted by Gasteiger charge is 2.49. The third-order valence-corrected chi connectivity index (χ3v) is 3.96. The Balaban J connectivity index is 1.66. The van der Waals surface area contributed by atoms with E-state index in [4.69, 9.17) is 9.47 Å². The molecule has 3 unspecified atom stereocenters. The van der Waals surface area contributed by atoms with Crippen LogP contribution in [-0.4, -0.2) is 40.3 Å². The number of aromatic nitrogens is 1. The minimum atomic E-state index is -0.462. The third kappa shape index (κ3) is 3.12. The number of likely N-dealkylation sites (tertiary alicyclic amines) is 1. The molecule has 21 heavy (non-hydrogen) atoms. The number of carbonyl (C=O) groups is 1. The van der Waals surface area contributed by atoms with E-state index in [0.29, 0.717) is 11.8 Å². The van der Waals surface area contributed by atoms with Gasteiger partial charge in [0.25, 0.3) is 0 Å². The summed E-state index contributed by atoms with van der Waals surface area (Å²) < 4.78 is 11.4. The van der Waals surface area contributed by atoms with E-state index in [2.05, 4.69) is 4.98 Å². The molecule has 0 N–H and O–H groups in total. The summed E-state index contributed by atoms with van der Waals surface area (Å²) in [5, 5.41) is 0. The Kier molecular flexibility index (Phi) is 3.51. The summed E-state index contributed by atoms with van der Waals surface area (Å²) in [6.07, 6.45) is 3.49. The van der Waals surface area contributed by atoms with Crippen LogP contribution in [0.15, 0.2) is 24.4 Å². The molecular formula is C16H22N2O3. The van der Waals surface area contributed by atoms with Crippen molar-refractivity contribution in [1.82, 2.24) is 9.88 Å². The summed E-state index contributed by atoms with van der Waals surface area (Å²) in [5.74, 6) is 1.13. The van der Waals surface area contributed by atoms with Gasteiger partial charge in [-0.15, -0.1) is 0 Å². The van der Waals surface area contributed by atoms with E-state index in [1.54, 1.807) is 6.20 Å². The Morgan fingerprint density at radius 2 is 2.14 bits per heavy atom. The molecule has 2 aliphatic rings. The summed E-state index contributed by atoms with van der Waals surface area (Å²) in [6.45, 7) is 6.45. The Morgan fingerprint density at radius 1 is 1.33 bits per heavy atom. The molecule has 1 amide bonds. The van der Waals surface area contributed by atoms with E-state index in [1.807, 2.05) is 43.9 Å². The average Bonchev–Trinajstić information content (AvgIpc) is 2.97. The number of piperidine rings is 1. The summed E-state index contributed by atoms with van der Waals surface area (Å²) >= 11 is 0. The molecule has 3 atom stereocenters. The Bertz CT molecular complexity index is 512. The molecule has 1 aromatic rings. The molecule has 5 heteroatoms. The lowest BCUT2D eigenvalue weighted by molar-refractivity contribution is 0.00213. The lowest BCUT2D eigenvalue weighted by Crippen LogP contribution is -2.48. The highest BCUT2D eigenvalue weighted by Crippen LogP contribution is 2.40. The lowest BCUT2D eigenvalue weighted by Gasteiger charge is -2.34. The maximum absolute atomic E-state index is 12.3. The normalized spacial score (nSPS) is 27.8. The van der Waals surface area contributed by atoms with Crippen molar-refractivity contribution in [2.45, 2.75) is 51.4 Å². The van der Waals surface area contributed by atoms with Gasteiger partial charge in [-0.1, -0.05) is 6.07 Å². The van der Waals surface area contributed by atoms with Gasteiger partial charge < -0.3 is 14.4 Å². The van der Waals surface area contributed by atoms with Crippen molar-refractivity contribution in [1.29, 1.82) is 0 Å². The highest BCUT2D eigenvalue weighted by molar-refractivity contribution is 5.69. The van der Waals surface area contributed by atoms with Crippen LogP contribution >= 0.6 is 0 Å². The van der Waals surface area contributed by atoms with Gasteiger partial charge in [0.1, 0.15) is 11.7 Å². The summed E-state index contributed by atoms with van der Waals surface area (Å²) in [6, 6.07) is 5.72. The number of hydrogen-bond acceptors (Lipinski definition) is 4. The zero-order valence-electron chi connectivity index (χ0n) is 12.8. The Morgan fingerprint density at radius 3 is 2.76 bits per heavy atom. The van der Waals surface area contributed by atoms with E-state index >= 15 is 0 Å². The smallest absolute Gasteiger partial charge is 0.410 e. The zero-order valence-corrected chi connectivity index (χ0v) is 12.8. The second kappa shape index (κ2) is 5.20. The van der Waals surface area contributed by atoms with Crippen molar-refractivity contribution in [2.75, 3.05) is 6.54 Å². The van der Waals surface area contributed by atoms with Crippen molar-refractivity contribution >= 4 is 6.09 Å². The molecule has 1 saturated carbocycles. The SMILES string of the molecule is CC(C)(C)OC(=O)N1CC2CC(Oc3ccccn3)C1C2. The molecule has 2 bridgehead atoms. The van der Waals surface area contributed by atoms with Crippen LogP contribution < -0.4 is 4.74 Å². The first-order valence-corrected chi connectivity index (χ1v) is 7.50. The van der Waals surface area contributed by atoms with Crippen LogP contribution in [0.5, 0.6) is 5.88 Å². The van der Waals surface area contributed by atoms with Crippen LogP contribution in [0.25, 0.3) is 0 Å². The van der Waals surface area contributed by atoms with Crippen molar-refractivity contribution in [3.63, 3.8) is 0 Å². The summed E-state index contributed by atoms with van der Waals surface area (Å²) in [5.41, 5.74) is -0.462. The third-order valence-electron chi connectivity index (χ3n) is 3.96. The van der Waals surface area contributed by atoms with E-state index in [1.165, 1.54) is 0 Å². The first-order valence-electron chi connectivity index (χ1n) is 7.50. The molecule has 2 fully saturated rings. The molecule has 0 aromatic carbocycles. The van der Waals surface area contributed by atoms with Gasteiger partial charge >= 0.3 is 6.09 Å². The van der Waals surface area contributed by atoms with Crippen LogP contribution in [0.3, 0.4) is 0 Å². The molecule has 2 heterocycles. The second-order valence-corrected chi connectivity index (χ2v) is 6.86. The first-order chi connectivity index (χ1) is 9.92. The predicted molar refractivity (Wildman–Crippen MR) is 78.1 cm³/mol. The van der Waals surface area contributed by atoms with Gasteiger partial charge in [-0.3, -0.25) is 0 Å². The quantitative estimate of drug-likeness (QED) is 0.840. The van der Waals surface area contributed by atoms with Crippen molar-refractivity contribution in [2.24, 2.45) is 5.92 Å². The fourth-order valence-electron chi connectivity index (χ4n) is 3.19. The number of carbonyl (C=O) groups excluding carboxylic acids is 1. The van der Waals surface area contributed by atoms with E-state index < -0.39 is 5.60 Å². The maximum atomic E-state index is 12.3. The van der Waals surface area contributed by atoms with Crippen LogP contribution in [0.1, 0.15) is 33.6 Å². The van der Waals surface area contributed by atoms with Gasteiger partial charge in [0.2, 0.25) is 5.88 Å². The van der Waals surface area contributed by atoms with Crippen LogP contribution in [0, 0.1) is 5.92 Å². The molecule has 5 nitrogen and oxygen atoms in total. The van der Waals surface area contributed by atoms with Crippen molar-refractivity contribution < 1.29 is 14.3 Å². The Labute approximate surface area is 125 Å². The largest absolute Gasteiger partial charge is 0.472 e. The number of ether oxygens (including phenoxy) is 2. The van der Waals surface area contributed by atoms with Crippen molar-refractivity contribution in [3.8, 4) is 5.88 Å². The Hall–Kier alpha value is -1.78. The molecule has 1 aliphatic carbocycles. The lowest BCUT2D eigenvalue weighted by atomic mass is 10.1. The molecule has 0 radical (unpaired) electrons. The van der Waals surface area contributed by atoms with Crippen LogP contribution in [-0.2, 0) is 4.74 Å². The average molecular weight is 290 g/mol. The molecule has 1 aromatic heterocycles. The van der Waals surface area contributed by atoms with Gasteiger partial charge in [0, 0.05) is 18.8 Å². The minimum absolute atomic E-state index is 0.0196. The number of pyridine rings is 1. The molecule has 1 saturated heterocycles. The number of nitrogens with zero attached hydrogens (tertiary/aromatic N) is 2. The van der Waals surface area contributed by atoms with Crippen LogP contribution in [0.2, 0.25) is 0 Å². The van der Waals surface area contributed by atoms with Gasteiger partial charge in [0.05, 0.1) is 6.04 Å². The van der Waals surface area contributed by atoms with Gasteiger partial charge in [-0.2, -0.15) is 0 Å². The van der Waals surface area contributed by atoms with E-state index in [-0.39, 0.29) is 18.2 Å². The van der Waals surface area contributed by atoms with Gasteiger partial charge in [0.15, 0.2) is 0 Å².